The molecule has 1 aliphatic heterocycles. The Morgan fingerprint density at radius 1 is 1.29 bits per heavy atom. The molecule has 4 nitrogen and oxygen atoms in total. The molecule has 2 fully saturated rings. The highest BCUT2D eigenvalue weighted by Gasteiger charge is 2.58. The van der Waals surface area contributed by atoms with Crippen LogP contribution < -0.4 is 0 Å². The maximum absolute atomic E-state index is 12.4. The first kappa shape index (κ1) is 12.2. The summed E-state index contributed by atoms with van der Waals surface area (Å²) in [6.45, 7) is -0.326. The van der Waals surface area contributed by atoms with Gasteiger partial charge in [-0.2, -0.15) is 13.2 Å². The number of carboxylic acids is 1. The molecule has 1 unspecified atom stereocenters. The van der Waals surface area contributed by atoms with Crippen LogP contribution in [0, 0.1) is 5.92 Å². The van der Waals surface area contributed by atoms with Crippen molar-refractivity contribution in [2.24, 2.45) is 5.92 Å². The average Bonchev–Trinajstić information content (AvgIpc) is 2.54. The Morgan fingerprint density at radius 2 is 1.88 bits per heavy atom. The fourth-order valence-corrected chi connectivity index (χ4v) is 2.72. The van der Waals surface area contributed by atoms with Crippen LogP contribution in [0.1, 0.15) is 25.7 Å². The van der Waals surface area contributed by atoms with Crippen molar-refractivity contribution in [3.63, 3.8) is 0 Å². The SMILES string of the molecule is O=C(O)C1CN(C(=O)C(F)(F)F)C2(CCC2)C1. The monoisotopic (exact) mass is 251 g/mol. The number of hydrogen-bond acceptors (Lipinski definition) is 2. The number of halogens is 3. The molecular formula is C10H12F3NO3. The molecule has 1 N–H and O–H groups in total. The number of carbonyl (C=O) groups is 2. The summed E-state index contributed by atoms with van der Waals surface area (Å²) in [5, 5.41) is 8.85. The van der Waals surface area contributed by atoms with Gasteiger partial charge < -0.3 is 10.0 Å². The lowest BCUT2D eigenvalue weighted by molar-refractivity contribution is -0.192. The Labute approximate surface area is 95.4 Å². The Balaban J connectivity index is 2.21. The van der Waals surface area contributed by atoms with E-state index in [4.69, 9.17) is 5.11 Å². The lowest BCUT2D eigenvalue weighted by Crippen LogP contribution is -2.55. The van der Waals surface area contributed by atoms with E-state index in [0.717, 1.165) is 11.3 Å². The standard InChI is InChI=1S/C10H12F3NO3/c11-10(12,13)8(17)14-5-6(7(15)16)4-9(14)2-1-3-9/h6H,1-5H2,(H,15,16). The fourth-order valence-electron chi connectivity index (χ4n) is 2.72. The van der Waals surface area contributed by atoms with E-state index in [1.807, 2.05) is 0 Å². The molecule has 1 amide bonds. The predicted molar refractivity (Wildman–Crippen MR) is 50.1 cm³/mol. The Kier molecular flexibility index (Phi) is 2.59. The van der Waals surface area contributed by atoms with Crippen molar-refractivity contribution in [3.8, 4) is 0 Å². The second-order valence-corrected chi connectivity index (χ2v) is 4.73. The van der Waals surface area contributed by atoms with Crippen molar-refractivity contribution in [2.75, 3.05) is 6.54 Å². The van der Waals surface area contributed by atoms with Gasteiger partial charge in [0.2, 0.25) is 0 Å². The van der Waals surface area contributed by atoms with Crippen LogP contribution in [0.15, 0.2) is 0 Å². The number of carbonyl (C=O) groups excluding carboxylic acids is 1. The molecule has 7 heteroatoms. The Bertz CT molecular complexity index is 362. The van der Waals surface area contributed by atoms with Crippen molar-refractivity contribution < 1.29 is 27.9 Å². The van der Waals surface area contributed by atoms with Gasteiger partial charge in [-0.3, -0.25) is 9.59 Å². The van der Waals surface area contributed by atoms with Crippen molar-refractivity contribution >= 4 is 11.9 Å². The van der Waals surface area contributed by atoms with Crippen LogP contribution in [0.25, 0.3) is 0 Å². The van der Waals surface area contributed by atoms with Crippen LogP contribution in [0.5, 0.6) is 0 Å². The molecule has 1 saturated carbocycles. The first-order valence-electron chi connectivity index (χ1n) is 5.38. The van der Waals surface area contributed by atoms with Crippen LogP contribution in [0.2, 0.25) is 0 Å². The van der Waals surface area contributed by atoms with Crippen molar-refractivity contribution in [3.05, 3.63) is 0 Å². The second kappa shape index (κ2) is 3.61. The van der Waals surface area contributed by atoms with Crippen LogP contribution >= 0.6 is 0 Å². The topological polar surface area (TPSA) is 57.6 Å². The maximum atomic E-state index is 12.4. The number of likely N-dealkylation sites (tertiary alicyclic amines) is 1. The summed E-state index contributed by atoms with van der Waals surface area (Å²) >= 11 is 0. The first-order valence-corrected chi connectivity index (χ1v) is 5.38. The lowest BCUT2D eigenvalue weighted by atomic mass is 9.73. The molecule has 1 saturated heterocycles. The normalized spacial score (nSPS) is 27.0. The van der Waals surface area contributed by atoms with E-state index in [1.165, 1.54) is 0 Å². The maximum Gasteiger partial charge on any atom is 0.471 e. The van der Waals surface area contributed by atoms with E-state index >= 15 is 0 Å². The average molecular weight is 251 g/mol. The summed E-state index contributed by atoms with van der Waals surface area (Å²) in [4.78, 5) is 22.8. The molecule has 0 aromatic carbocycles. The third-order valence-corrected chi connectivity index (χ3v) is 3.72. The molecule has 2 aliphatic rings. The zero-order valence-electron chi connectivity index (χ0n) is 8.96. The molecule has 96 valence electrons. The number of alkyl halides is 3. The smallest absolute Gasteiger partial charge is 0.471 e. The van der Waals surface area contributed by atoms with E-state index in [0.29, 0.717) is 12.8 Å². The fraction of sp³-hybridized carbons (Fsp3) is 0.800. The molecule has 1 aliphatic carbocycles. The van der Waals surface area contributed by atoms with E-state index in [2.05, 4.69) is 0 Å². The van der Waals surface area contributed by atoms with Gasteiger partial charge >= 0.3 is 18.1 Å². The largest absolute Gasteiger partial charge is 0.481 e. The van der Waals surface area contributed by atoms with Gasteiger partial charge in [-0.15, -0.1) is 0 Å². The summed E-state index contributed by atoms with van der Waals surface area (Å²) in [6.07, 6.45) is -3.09. The number of rotatable bonds is 1. The quantitative estimate of drug-likeness (QED) is 0.766. The molecule has 2 rings (SSSR count). The van der Waals surface area contributed by atoms with E-state index < -0.39 is 29.5 Å². The molecule has 0 aromatic rings. The highest BCUT2D eigenvalue weighted by atomic mass is 19.4. The zero-order chi connectivity index (χ0) is 12.8. The lowest BCUT2D eigenvalue weighted by Gasteiger charge is -2.45. The van der Waals surface area contributed by atoms with Crippen LogP contribution in [-0.2, 0) is 9.59 Å². The Morgan fingerprint density at radius 3 is 2.24 bits per heavy atom. The first-order chi connectivity index (χ1) is 7.76. The molecule has 0 radical (unpaired) electrons. The second-order valence-electron chi connectivity index (χ2n) is 4.73. The summed E-state index contributed by atoms with van der Waals surface area (Å²) in [6, 6.07) is 0. The van der Waals surface area contributed by atoms with Gasteiger partial charge in [-0.05, 0) is 25.7 Å². The van der Waals surface area contributed by atoms with Crippen LogP contribution in [-0.4, -0.2) is 40.1 Å². The summed E-state index contributed by atoms with van der Waals surface area (Å²) in [5.74, 6) is -3.91. The van der Waals surface area contributed by atoms with Gasteiger partial charge in [0.25, 0.3) is 0 Å². The highest BCUT2D eigenvalue weighted by Crippen LogP contribution is 2.48. The molecule has 1 spiro atoms. The third-order valence-electron chi connectivity index (χ3n) is 3.72. The predicted octanol–water partition coefficient (Wildman–Crippen LogP) is 1.40. The number of hydrogen-bond donors (Lipinski definition) is 1. The van der Waals surface area contributed by atoms with Gasteiger partial charge in [0.05, 0.1) is 5.92 Å². The van der Waals surface area contributed by atoms with Gasteiger partial charge in [0.15, 0.2) is 0 Å². The zero-order valence-corrected chi connectivity index (χ0v) is 8.96. The Hall–Kier alpha value is -1.27. The summed E-state index contributed by atoms with van der Waals surface area (Å²) in [7, 11) is 0. The van der Waals surface area contributed by atoms with Gasteiger partial charge in [0, 0.05) is 12.1 Å². The number of nitrogens with zero attached hydrogens (tertiary/aromatic N) is 1. The minimum absolute atomic E-state index is 0.143. The van der Waals surface area contributed by atoms with Gasteiger partial charge in [-0.25, -0.2) is 0 Å². The minimum atomic E-state index is -4.92. The molecule has 1 heterocycles. The number of aliphatic carboxylic acids is 1. The van der Waals surface area contributed by atoms with Crippen molar-refractivity contribution in [2.45, 2.75) is 37.4 Å². The molecule has 17 heavy (non-hydrogen) atoms. The minimum Gasteiger partial charge on any atom is -0.481 e. The number of carboxylic acid groups (broad SMARTS) is 1. The molecule has 0 bridgehead atoms. The van der Waals surface area contributed by atoms with Crippen molar-refractivity contribution in [1.82, 2.24) is 4.90 Å². The molecule has 1 atom stereocenters. The van der Waals surface area contributed by atoms with E-state index in [-0.39, 0.29) is 13.0 Å². The third kappa shape index (κ3) is 1.87. The summed E-state index contributed by atoms with van der Waals surface area (Å²) in [5.41, 5.74) is -0.852. The van der Waals surface area contributed by atoms with Crippen molar-refractivity contribution in [1.29, 1.82) is 0 Å². The van der Waals surface area contributed by atoms with Gasteiger partial charge in [-0.1, -0.05) is 0 Å². The van der Waals surface area contributed by atoms with E-state index in [1.54, 1.807) is 0 Å². The van der Waals surface area contributed by atoms with Gasteiger partial charge in [0.1, 0.15) is 0 Å². The molecule has 0 aromatic heterocycles. The van der Waals surface area contributed by atoms with Crippen LogP contribution in [0.4, 0.5) is 13.2 Å². The highest BCUT2D eigenvalue weighted by molar-refractivity contribution is 5.84. The number of amides is 1. The molecular weight excluding hydrogens is 239 g/mol. The van der Waals surface area contributed by atoms with Crippen LogP contribution in [0.3, 0.4) is 0 Å². The summed E-state index contributed by atoms with van der Waals surface area (Å²) < 4.78 is 37.2. The van der Waals surface area contributed by atoms with E-state index in [9.17, 15) is 22.8 Å².